The van der Waals surface area contributed by atoms with Crippen LogP contribution in [0.15, 0.2) is 54.7 Å². The number of para-hydroxylation sites is 2. The minimum atomic E-state index is -2.49. The van der Waals surface area contributed by atoms with Crippen LogP contribution in [-0.2, 0) is 107 Å². The summed E-state index contributed by atoms with van der Waals surface area (Å²) in [6.45, 7) is 4.37. The monoisotopic (exact) mass is 1710 g/mol. The number of aliphatic carboxylic acids is 4. The topological polar surface area (TPSA) is 714 Å². The summed E-state index contributed by atoms with van der Waals surface area (Å²) in [4.78, 5) is 290. The number of carboxylic acids is 4. The highest BCUT2D eigenvalue weighted by Crippen LogP contribution is 2.21. The number of fused-ring (bicyclic) bond motifs is 1. The lowest BCUT2D eigenvalue weighted by molar-refractivity contribution is -0.156. The van der Waals surface area contributed by atoms with Gasteiger partial charge in [-0.3, -0.25) is 91.1 Å². The number of rotatable bonds is 36. The molecule has 1 saturated heterocycles. The second kappa shape index (κ2) is 49.7. The van der Waals surface area contributed by atoms with E-state index in [1.54, 1.807) is 30.5 Å². The second-order valence-electron chi connectivity index (χ2n) is 29.3. The number of nitrogens with one attached hydrogen (secondary N) is 15. The fourth-order valence-electron chi connectivity index (χ4n) is 11.9. The van der Waals surface area contributed by atoms with Crippen molar-refractivity contribution < 1.29 is 136 Å². The number of benzene rings is 2. The number of unbranched alkanes of at least 4 members (excludes halogenated alkanes) is 6. The number of aromatic nitrogens is 1. The first kappa shape index (κ1) is 100.0. The average molecular weight is 1710 g/mol. The van der Waals surface area contributed by atoms with Gasteiger partial charge in [-0.05, 0) is 84.1 Å². The Hall–Kier alpha value is -13.4. The van der Waals surface area contributed by atoms with E-state index >= 15 is 0 Å². The largest absolute Gasteiger partial charge is 0.481 e. The third-order valence-electron chi connectivity index (χ3n) is 18.1. The number of aliphatic hydroxyl groups excluding tert-OH is 1. The van der Waals surface area contributed by atoms with Crippen LogP contribution in [0.3, 0.4) is 0 Å². The quantitative estimate of drug-likeness (QED) is 0.0113. The number of ether oxygens (including phenoxy) is 2. The van der Waals surface area contributed by atoms with Crippen LogP contribution in [0.5, 0.6) is 0 Å². The van der Waals surface area contributed by atoms with Crippen molar-refractivity contribution in [1.82, 2.24) is 79.4 Å². The van der Waals surface area contributed by atoms with Gasteiger partial charge >= 0.3 is 35.9 Å². The van der Waals surface area contributed by atoms with Crippen molar-refractivity contribution in [3.05, 3.63) is 65.9 Å². The molecule has 24 N–H and O–H groups in total. The van der Waals surface area contributed by atoms with Crippen LogP contribution in [-0.4, -0.2) is 259 Å². The molecule has 0 spiro atoms. The molecule has 0 saturated carbocycles. The number of nitrogen functional groups attached to an aromatic ring is 1. The van der Waals surface area contributed by atoms with E-state index < -0.39 is 274 Å². The van der Waals surface area contributed by atoms with Crippen molar-refractivity contribution in [1.29, 1.82) is 0 Å². The first-order chi connectivity index (χ1) is 57.0. The summed E-state index contributed by atoms with van der Waals surface area (Å²) < 4.78 is 10.9. The molecule has 0 bridgehead atoms. The maximum absolute atomic E-state index is 14.9. The predicted molar refractivity (Wildman–Crippen MR) is 421 cm³/mol. The zero-order valence-corrected chi connectivity index (χ0v) is 67.5. The molecule has 1 aliphatic rings. The Balaban J connectivity index is 1.90. The Morgan fingerprint density at radius 3 is 1.67 bits per heavy atom. The summed E-state index contributed by atoms with van der Waals surface area (Å²) in [5.74, 6) is -28.7. The number of carbonyl (C=O) groups is 21. The number of aliphatic hydroxyl groups is 1. The average Bonchev–Trinajstić information content (AvgIpc) is 1.78. The van der Waals surface area contributed by atoms with Gasteiger partial charge in [0.1, 0.15) is 78.2 Å². The summed E-state index contributed by atoms with van der Waals surface area (Å²) >= 11 is 0. The van der Waals surface area contributed by atoms with E-state index in [9.17, 15) is 126 Å². The summed E-state index contributed by atoms with van der Waals surface area (Å²) in [7, 11) is 0. The number of carbonyl (C=O) groups excluding carboxylic acids is 17. The fraction of sp³-hybridized carbons (Fsp3) is 0.539. The number of nitrogens with two attached hydrogens (primary N) is 2. The molecule has 0 aliphatic carbocycles. The number of H-pyrrole nitrogens is 1. The number of ketones is 1. The van der Waals surface area contributed by atoms with Crippen molar-refractivity contribution in [3.8, 4) is 0 Å². The molecule has 2 heterocycles. The number of cyclic esters (lactones) is 1. The molecule has 664 valence electrons. The number of alkyl carbamates (subject to hydrolysis) is 1. The lowest BCUT2D eigenvalue weighted by atomic mass is 10.0. The minimum absolute atomic E-state index is 0.0291. The second-order valence-corrected chi connectivity index (χ2v) is 29.3. The molecule has 2 aromatic carbocycles. The van der Waals surface area contributed by atoms with Gasteiger partial charge < -0.3 is 126 Å². The minimum Gasteiger partial charge on any atom is -0.481 e. The Bertz CT molecular complexity index is 4260. The van der Waals surface area contributed by atoms with Crippen LogP contribution in [0.25, 0.3) is 10.9 Å². The Morgan fingerprint density at radius 2 is 1.07 bits per heavy atom. The van der Waals surface area contributed by atoms with Gasteiger partial charge in [-0.25, -0.2) is 9.59 Å². The summed E-state index contributed by atoms with van der Waals surface area (Å²) in [5, 5.41) is 81.0. The molecular weight excluding hydrogens is 1600 g/mol. The molecule has 0 radical (unpaired) electrons. The Morgan fingerprint density at radius 1 is 0.545 bits per heavy atom. The van der Waals surface area contributed by atoms with Gasteiger partial charge in [0.25, 0.3) is 0 Å². The van der Waals surface area contributed by atoms with Crippen LogP contribution in [0.2, 0.25) is 0 Å². The molecule has 15 amide bonds. The van der Waals surface area contributed by atoms with E-state index in [0.29, 0.717) is 29.3 Å². The first-order valence-corrected chi connectivity index (χ1v) is 38.7. The molecular formula is C76H107N17O28. The normalized spacial score (nSPS) is 20.5. The van der Waals surface area contributed by atoms with Crippen molar-refractivity contribution in [3.63, 3.8) is 0 Å². The van der Waals surface area contributed by atoms with E-state index in [0.717, 1.165) is 46.0 Å². The van der Waals surface area contributed by atoms with Crippen LogP contribution in [0.4, 0.5) is 10.5 Å². The number of amides is 15. The Labute approximate surface area is 692 Å². The van der Waals surface area contributed by atoms with Crippen molar-refractivity contribution >= 4 is 141 Å². The van der Waals surface area contributed by atoms with Crippen molar-refractivity contribution in [2.24, 2.45) is 5.73 Å². The maximum atomic E-state index is 14.9. The molecule has 1 aliphatic heterocycles. The molecule has 12 unspecified atom stereocenters. The molecule has 1 aromatic heterocycles. The molecule has 45 nitrogen and oxygen atoms in total. The van der Waals surface area contributed by atoms with Gasteiger partial charge in [-0.1, -0.05) is 75.8 Å². The molecule has 1 fully saturated rings. The van der Waals surface area contributed by atoms with E-state index in [1.165, 1.54) is 45.0 Å². The number of aromatic amines is 1. The smallest absolute Gasteiger partial charge is 0.407 e. The van der Waals surface area contributed by atoms with Crippen LogP contribution in [0.1, 0.15) is 167 Å². The lowest BCUT2D eigenvalue weighted by Gasteiger charge is -2.29. The van der Waals surface area contributed by atoms with Gasteiger partial charge in [0.15, 0.2) is 5.78 Å². The van der Waals surface area contributed by atoms with Gasteiger partial charge in [0.05, 0.1) is 45.4 Å². The molecule has 45 heteroatoms. The van der Waals surface area contributed by atoms with Crippen molar-refractivity contribution in [2.45, 2.75) is 235 Å². The van der Waals surface area contributed by atoms with Crippen LogP contribution < -0.4 is 85.9 Å². The number of hydrogen-bond acceptors (Lipinski definition) is 25. The van der Waals surface area contributed by atoms with E-state index in [1.807, 2.05) is 16.0 Å². The Kier molecular flexibility index (Phi) is 41.1. The summed E-state index contributed by atoms with van der Waals surface area (Å²) in [6, 6.07) is -11.0. The third-order valence-corrected chi connectivity index (χ3v) is 18.1. The third kappa shape index (κ3) is 36.2. The first-order valence-electron chi connectivity index (χ1n) is 38.7. The molecule has 121 heavy (non-hydrogen) atoms. The van der Waals surface area contributed by atoms with Crippen LogP contribution >= 0.6 is 0 Å². The van der Waals surface area contributed by atoms with Gasteiger partial charge in [-0.2, -0.15) is 0 Å². The standard InChI is InChI=1S/C76H107N17O28/c1-7-8-9-10-11-12-13-24-56(97)85-47(28-40-34-80-44-22-17-15-19-41(40)44)69(113)89-48(30-55(78)96)70(114)91-51(33-62(106)107)71(115)93-63-39(3)120-74(118)52(29-54(95)42-20-14-16-21-43(42)77)92-67(111)46(25-26-59(100)101)87-72(116)53(37-94)86-58(99)35-81-65(109)49(31-60(102)103)88-64(108)38(2)83-68(112)50(32-61(104)105)90-66(110)45(84-57(98)36-82-73(63)117)23-18-27-79-75(119)121-76(4,5)6/h14-17,19-22,34,38-39,45-53,63,80,94H,7-13,18,23-33,35-37,77H2,1-6H3,(H2,78,96)(H,79,119)(H,81,109)(H,82,117)(H,83,112)(H,84,98)(H,85,97)(H,86,99)(H,87,116)(H,88,108)(H,89,113)(H,90,110)(H,91,114)(H,92,111)(H,93,115)(H,100,101)(H,102,103)(H,104,105)(H,106,107). The van der Waals surface area contributed by atoms with Gasteiger partial charge in [-0.15, -0.1) is 0 Å². The molecule has 4 rings (SSSR count). The number of esters is 1. The highest BCUT2D eigenvalue weighted by atomic mass is 16.6. The van der Waals surface area contributed by atoms with Crippen LogP contribution in [0, 0.1) is 0 Å². The molecule has 3 aromatic rings. The predicted octanol–water partition coefficient (Wildman–Crippen LogP) is -4.30. The van der Waals surface area contributed by atoms with Gasteiger partial charge in [0, 0.05) is 60.6 Å². The SMILES string of the molecule is CCCCCCCCCC(=O)NC(Cc1c[nH]c2ccccc12)C(=O)NC(CC(N)=O)C(=O)NC(CC(=O)O)C(=O)NC1C(=O)NCC(=O)NC(CCCNC(=O)OC(C)(C)C)C(=O)NC(CC(=O)O)C(=O)NC(C)C(=O)NC(CC(=O)O)C(=O)NCC(=O)NC(CO)C(=O)NC(CCC(=O)O)C(=O)NC(CC(=O)c2ccccc2N)C(=O)OC1C. The zero-order chi connectivity index (χ0) is 90.4. The number of carboxylic acid groups (broad SMARTS) is 4. The summed E-state index contributed by atoms with van der Waals surface area (Å²) in [5.41, 5.74) is 11.3. The highest BCUT2D eigenvalue weighted by molar-refractivity contribution is 6.05. The number of primary amides is 1. The zero-order valence-electron chi connectivity index (χ0n) is 67.5. The van der Waals surface area contributed by atoms with E-state index in [-0.39, 0.29) is 37.1 Å². The summed E-state index contributed by atoms with van der Waals surface area (Å²) in [6.07, 6.45) is -4.73. The number of hydrogen-bond donors (Lipinski definition) is 22. The lowest BCUT2D eigenvalue weighted by Crippen LogP contribution is -2.61. The highest BCUT2D eigenvalue weighted by Gasteiger charge is 2.41. The number of anilines is 1. The maximum Gasteiger partial charge on any atom is 0.407 e. The number of Topliss-reactive ketones (excluding diaryl/α,β-unsaturated/α-hetero) is 1. The van der Waals surface area contributed by atoms with E-state index in [2.05, 4.69) is 70.4 Å². The van der Waals surface area contributed by atoms with E-state index in [4.69, 9.17) is 20.9 Å². The molecule has 12 atom stereocenters. The van der Waals surface area contributed by atoms with Crippen molar-refractivity contribution in [2.75, 3.05) is 32.0 Å². The fourth-order valence-corrected chi connectivity index (χ4v) is 11.9. The van der Waals surface area contributed by atoms with Gasteiger partial charge in [0.2, 0.25) is 82.7 Å².